The molecule has 6 rings (SSSR count). The Morgan fingerprint density at radius 3 is 2.68 bits per heavy atom. The monoisotopic (exact) mass is 527 g/mol. The van der Waals surface area contributed by atoms with E-state index in [0.717, 1.165) is 64.9 Å². The highest BCUT2D eigenvalue weighted by Crippen LogP contribution is 2.51. The van der Waals surface area contributed by atoms with E-state index in [0.29, 0.717) is 11.8 Å². The van der Waals surface area contributed by atoms with Gasteiger partial charge in [-0.05, 0) is 61.4 Å². The van der Waals surface area contributed by atoms with Gasteiger partial charge in [0.15, 0.2) is 0 Å². The number of pyridine rings is 1. The van der Waals surface area contributed by atoms with Crippen molar-refractivity contribution in [3.8, 4) is 17.0 Å². The van der Waals surface area contributed by atoms with Crippen LogP contribution in [0.2, 0.25) is 0 Å². The predicted octanol–water partition coefficient (Wildman–Crippen LogP) is 5.76. The number of thioether (sulfide) groups is 1. The molecular formula is C30H33N5O2S. The number of urea groups is 1. The number of anilines is 2. The molecule has 7 nitrogen and oxygen atoms in total. The summed E-state index contributed by atoms with van der Waals surface area (Å²) in [7, 11) is 5.71. The van der Waals surface area contributed by atoms with Gasteiger partial charge >= 0.3 is 6.03 Å². The largest absolute Gasteiger partial charge is 0.497 e. The van der Waals surface area contributed by atoms with Crippen LogP contribution in [0.5, 0.6) is 5.75 Å². The van der Waals surface area contributed by atoms with Gasteiger partial charge in [-0.15, -0.1) is 0 Å². The van der Waals surface area contributed by atoms with E-state index in [1.54, 1.807) is 7.11 Å². The number of ether oxygens (including phenoxy) is 1. The number of amides is 2. The van der Waals surface area contributed by atoms with Gasteiger partial charge in [0, 0.05) is 61.3 Å². The number of hydrogen-bond donors (Lipinski definition) is 1. The molecular weight excluding hydrogens is 494 g/mol. The number of carbonyl (C=O) groups is 1. The molecule has 8 heteroatoms. The number of piperidine rings is 1. The first-order chi connectivity index (χ1) is 18.5. The Labute approximate surface area is 227 Å². The van der Waals surface area contributed by atoms with Gasteiger partial charge in [-0.25, -0.2) is 9.78 Å². The Kier molecular flexibility index (Phi) is 6.43. The minimum Gasteiger partial charge on any atom is -0.497 e. The number of aromatic nitrogens is 2. The lowest BCUT2D eigenvalue weighted by molar-refractivity contribution is 0.158. The van der Waals surface area contributed by atoms with Crippen LogP contribution in [-0.2, 0) is 5.41 Å². The summed E-state index contributed by atoms with van der Waals surface area (Å²) in [5.74, 6) is 2.96. The Morgan fingerprint density at radius 1 is 1.13 bits per heavy atom. The average Bonchev–Trinajstić information content (AvgIpc) is 3.74. The molecule has 2 aliphatic rings. The summed E-state index contributed by atoms with van der Waals surface area (Å²) < 4.78 is 7.74. The number of rotatable bonds is 6. The van der Waals surface area contributed by atoms with Gasteiger partial charge in [0.05, 0.1) is 23.7 Å². The van der Waals surface area contributed by atoms with E-state index in [-0.39, 0.29) is 11.4 Å². The molecule has 0 spiro atoms. The van der Waals surface area contributed by atoms with Crippen molar-refractivity contribution in [2.24, 2.45) is 0 Å². The zero-order valence-corrected chi connectivity index (χ0v) is 22.9. The zero-order chi connectivity index (χ0) is 26.3. The van der Waals surface area contributed by atoms with Gasteiger partial charge in [0.2, 0.25) is 0 Å². The second-order valence-electron chi connectivity index (χ2n) is 10.3. The van der Waals surface area contributed by atoms with Gasteiger partial charge in [0.25, 0.3) is 0 Å². The molecule has 38 heavy (non-hydrogen) atoms. The molecule has 2 atom stereocenters. The van der Waals surface area contributed by atoms with Crippen molar-refractivity contribution in [3.05, 3.63) is 78.8 Å². The quantitative estimate of drug-likeness (QED) is 0.323. The lowest BCUT2D eigenvalue weighted by atomic mass is 9.76. The number of imidazole rings is 1. The second kappa shape index (κ2) is 9.91. The summed E-state index contributed by atoms with van der Waals surface area (Å²) in [6.45, 7) is 1.39. The normalized spacial score (nSPS) is 20.8. The highest BCUT2D eigenvalue weighted by molar-refractivity contribution is 8.07. The summed E-state index contributed by atoms with van der Waals surface area (Å²) in [6.07, 6.45) is 4.07. The van der Waals surface area contributed by atoms with E-state index < -0.39 is 0 Å². The fourth-order valence-corrected chi connectivity index (χ4v) is 6.66. The highest BCUT2D eigenvalue weighted by atomic mass is 32.2. The Morgan fingerprint density at radius 2 is 1.95 bits per heavy atom. The first-order valence-electron chi connectivity index (χ1n) is 13.1. The van der Waals surface area contributed by atoms with Crippen molar-refractivity contribution in [2.45, 2.75) is 23.5 Å². The van der Waals surface area contributed by atoms with E-state index >= 15 is 0 Å². The third-order valence-electron chi connectivity index (χ3n) is 7.73. The fourth-order valence-electron chi connectivity index (χ4n) is 5.63. The van der Waals surface area contributed by atoms with Crippen LogP contribution >= 0.6 is 11.8 Å². The minimum atomic E-state index is -0.212. The molecule has 1 N–H and O–H groups in total. The van der Waals surface area contributed by atoms with E-state index in [9.17, 15) is 4.79 Å². The summed E-state index contributed by atoms with van der Waals surface area (Å²) >= 11 is 1.97. The van der Waals surface area contributed by atoms with E-state index in [2.05, 4.69) is 40.2 Å². The summed E-state index contributed by atoms with van der Waals surface area (Å²) in [4.78, 5) is 22.8. The number of likely N-dealkylation sites (tertiary alicyclic amines) is 1. The van der Waals surface area contributed by atoms with Crippen LogP contribution in [0.4, 0.5) is 16.2 Å². The van der Waals surface area contributed by atoms with Crippen molar-refractivity contribution in [2.75, 3.05) is 50.3 Å². The maximum atomic E-state index is 13.5. The number of nitrogens with zero attached hydrogens (tertiary/aromatic N) is 4. The van der Waals surface area contributed by atoms with Crippen LogP contribution in [0.3, 0.4) is 0 Å². The molecule has 2 amide bonds. The van der Waals surface area contributed by atoms with Gasteiger partial charge in [0.1, 0.15) is 11.6 Å². The maximum Gasteiger partial charge on any atom is 0.321 e. The minimum absolute atomic E-state index is 0.0498. The van der Waals surface area contributed by atoms with Gasteiger partial charge in [-0.2, -0.15) is 11.8 Å². The van der Waals surface area contributed by atoms with Gasteiger partial charge in [-0.3, -0.25) is 0 Å². The van der Waals surface area contributed by atoms with Crippen molar-refractivity contribution in [3.63, 3.8) is 0 Å². The maximum absolute atomic E-state index is 13.5. The molecule has 0 aliphatic carbocycles. The van der Waals surface area contributed by atoms with Crippen molar-refractivity contribution < 1.29 is 9.53 Å². The summed E-state index contributed by atoms with van der Waals surface area (Å²) in [5, 5.41) is 3.57. The molecule has 196 valence electrons. The third-order valence-corrected chi connectivity index (χ3v) is 8.85. The van der Waals surface area contributed by atoms with Crippen molar-refractivity contribution in [1.82, 2.24) is 14.3 Å². The molecule has 2 saturated heterocycles. The average molecular weight is 528 g/mol. The molecule has 2 fully saturated rings. The smallest absolute Gasteiger partial charge is 0.321 e. The van der Waals surface area contributed by atoms with E-state index in [1.807, 2.05) is 78.1 Å². The molecule has 0 radical (unpaired) electrons. The SMILES string of the molecule is COc1cccc(-c2nc([C@]3(C4CS4)CCCN(C(=O)Nc4ccc(N(C)C)cc4)C3)n3ccccc23)c1. The number of carbonyl (C=O) groups excluding carboxylic acids is 1. The first kappa shape index (κ1) is 24.7. The second-order valence-corrected chi connectivity index (χ2v) is 11.6. The highest BCUT2D eigenvalue weighted by Gasteiger charge is 2.53. The fraction of sp³-hybridized carbons (Fsp3) is 0.333. The zero-order valence-electron chi connectivity index (χ0n) is 22.1. The van der Waals surface area contributed by atoms with Crippen molar-refractivity contribution in [1.29, 1.82) is 0 Å². The molecule has 2 aromatic heterocycles. The predicted molar refractivity (Wildman–Crippen MR) is 156 cm³/mol. The lowest BCUT2D eigenvalue weighted by Gasteiger charge is -2.42. The molecule has 0 bridgehead atoms. The number of fused-ring (bicyclic) bond motifs is 1. The van der Waals surface area contributed by atoms with Crippen LogP contribution in [0, 0.1) is 0 Å². The molecule has 4 heterocycles. The Balaban J connectivity index is 1.34. The first-order valence-corrected chi connectivity index (χ1v) is 14.1. The number of benzene rings is 2. The van der Waals surface area contributed by atoms with E-state index in [4.69, 9.17) is 9.72 Å². The standard InChI is InChI=1S/C30H33N5O2S/c1-33(2)23-13-11-22(12-14-23)31-29(36)34-16-7-15-30(20-34,26-19-38-26)28-32-27(25-10-4-5-17-35(25)28)21-8-6-9-24(18-21)37-3/h4-6,8-14,17-18,26H,7,15-16,19-20H2,1-3H3,(H,31,36)/t26?,30-/m1/s1. The molecule has 2 aliphatic heterocycles. The van der Waals surface area contributed by atoms with Crippen LogP contribution in [0.1, 0.15) is 18.7 Å². The number of nitrogens with one attached hydrogen (secondary N) is 1. The van der Waals surface area contributed by atoms with Crippen molar-refractivity contribution >= 4 is 34.7 Å². The topological polar surface area (TPSA) is 62.1 Å². The molecule has 2 aromatic carbocycles. The summed E-state index contributed by atoms with van der Waals surface area (Å²) in [6, 6.07) is 22.3. The van der Waals surface area contributed by atoms with Gasteiger partial charge < -0.3 is 24.3 Å². The number of methoxy groups -OCH3 is 1. The summed E-state index contributed by atoms with van der Waals surface area (Å²) in [5.41, 5.74) is 4.75. The Bertz CT molecular complexity index is 1460. The number of hydrogen-bond acceptors (Lipinski definition) is 5. The van der Waals surface area contributed by atoms with Crippen LogP contribution in [0.25, 0.3) is 16.8 Å². The lowest BCUT2D eigenvalue weighted by Crippen LogP contribution is -2.53. The molecule has 0 saturated carbocycles. The van der Waals surface area contributed by atoms with Crippen LogP contribution < -0.4 is 15.0 Å². The van der Waals surface area contributed by atoms with Gasteiger partial charge in [-0.1, -0.05) is 18.2 Å². The molecule has 1 unspecified atom stereocenters. The molecule has 4 aromatic rings. The van der Waals surface area contributed by atoms with E-state index in [1.165, 1.54) is 0 Å². The van der Waals surface area contributed by atoms with Crippen LogP contribution in [0.15, 0.2) is 72.9 Å². The third kappa shape index (κ3) is 4.47. The Hall–Kier alpha value is -3.65. The van der Waals surface area contributed by atoms with Crippen LogP contribution in [-0.4, -0.2) is 65.6 Å².